The third-order valence-corrected chi connectivity index (χ3v) is 6.54. The Balaban J connectivity index is 1.45. The largest absolute Gasteiger partial charge is 0.490 e. The molecular formula is C24H36F2O3. The predicted octanol–water partition coefficient (Wildman–Crippen LogP) is 6.60. The number of ether oxygens (including phenoxy) is 3. The summed E-state index contributed by atoms with van der Waals surface area (Å²) in [4.78, 5) is 0. The molecule has 1 aromatic carbocycles. The molecule has 1 saturated carbocycles. The molecule has 3 rings (SSSR count). The van der Waals surface area contributed by atoms with Gasteiger partial charge >= 0.3 is 0 Å². The molecular weight excluding hydrogens is 374 g/mol. The first kappa shape index (κ1) is 22.5. The molecule has 1 heterocycles. The van der Waals surface area contributed by atoms with Gasteiger partial charge in [-0.25, -0.2) is 4.39 Å². The first-order valence-corrected chi connectivity index (χ1v) is 11.5. The lowest BCUT2D eigenvalue weighted by molar-refractivity contribution is -0.182. The molecule has 0 amide bonds. The molecule has 1 aromatic rings. The van der Waals surface area contributed by atoms with Crippen molar-refractivity contribution in [3.63, 3.8) is 0 Å². The summed E-state index contributed by atoms with van der Waals surface area (Å²) in [5.41, 5.74) is 0.492. The van der Waals surface area contributed by atoms with E-state index in [1.54, 1.807) is 12.1 Å². The van der Waals surface area contributed by atoms with Gasteiger partial charge in [0.25, 0.3) is 0 Å². The summed E-state index contributed by atoms with van der Waals surface area (Å²) >= 11 is 0. The summed E-state index contributed by atoms with van der Waals surface area (Å²) < 4.78 is 46.2. The zero-order valence-electron chi connectivity index (χ0n) is 17.9. The van der Waals surface area contributed by atoms with Gasteiger partial charge in [-0.2, -0.15) is 4.39 Å². The minimum Gasteiger partial charge on any atom is -0.490 e. The summed E-state index contributed by atoms with van der Waals surface area (Å²) in [5.74, 6) is -0.336. The second-order valence-electron chi connectivity index (χ2n) is 8.65. The zero-order chi connectivity index (χ0) is 20.6. The van der Waals surface area contributed by atoms with Gasteiger partial charge in [0.15, 0.2) is 17.9 Å². The molecule has 2 atom stereocenters. The average molecular weight is 411 g/mol. The van der Waals surface area contributed by atoms with Gasteiger partial charge in [-0.05, 0) is 74.3 Å². The quantitative estimate of drug-likeness (QED) is 0.429. The Morgan fingerprint density at radius 3 is 2.38 bits per heavy atom. The topological polar surface area (TPSA) is 27.7 Å². The number of unbranched alkanes of at least 4 members (excludes halogenated alkanes) is 1. The molecule has 164 valence electrons. The van der Waals surface area contributed by atoms with Crippen molar-refractivity contribution in [2.45, 2.75) is 83.8 Å². The van der Waals surface area contributed by atoms with Gasteiger partial charge in [0.2, 0.25) is 5.82 Å². The number of rotatable bonds is 9. The molecule has 1 aliphatic carbocycles. The van der Waals surface area contributed by atoms with Crippen molar-refractivity contribution in [2.75, 3.05) is 19.8 Å². The molecule has 1 saturated heterocycles. The maximum atomic E-state index is 14.6. The zero-order valence-corrected chi connectivity index (χ0v) is 17.9. The van der Waals surface area contributed by atoms with Crippen molar-refractivity contribution in [3.05, 3.63) is 29.3 Å². The van der Waals surface area contributed by atoms with Crippen LogP contribution in [0, 0.1) is 23.5 Å². The van der Waals surface area contributed by atoms with Crippen LogP contribution in [0.5, 0.6) is 5.75 Å². The van der Waals surface area contributed by atoms with Gasteiger partial charge in [0.05, 0.1) is 19.8 Å². The van der Waals surface area contributed by atoms with Crippen LogP contribution in [0.2, 0.25) is 0 Å². The minimum absolute atomic E-state index is 0.0274. The van der Waals surface area contributed by atoms with Crippen molar-refractivity contribution in [1.82, 2.24) is 0 Å². The third kappa shape index (κ3) is 6.14. The molecule has 2 unspecified atom stereocenters. The van der Waals surface area contributed by atoms with Crippen LogP contribution in [0.4, 0.5) is 8.78 Å². The van der Waals surface area contributed by atoms with Crippen LogP contribution in [0.15, 0.2) is 12.1 Å². The Labute approximate surface area is 174 Å². The molecule has 3 nitrogen and oxygen atoms in total. The molecule has 2 fully saturated rings. The SMILES string of the molecule is CCCCOc1ccc(C2CCC(COC3CCC(CC)CO3)CC2)c(F)c1F. The van der Waals surface area contributed by atoms with E-state index in [0.29, 0.717) is 30.6 Å². The molecule has 5 heteroatoms. The Morgan fingerprint density at radius 2 is 1.72 bits per heavy atom. The normalized spacial score (nSPS) is 27.7. The highest BCUT2D eigenvalue weighted by Crippen LogP contribution is 2.39. The van der Waals surface area contributed by atoms with Crippen LogP contribution in [0.25, 0.3) is 0 Å². The van der Waals surface area contributed by atoms with E-state index in [0.717, 1.165) is 51.6 Å². The first-order chi connectivity index (χ1) is 14.1. The van der Waals surface area contributed by atoms with Crippen LogP contribution in [-0.2, 0) is 9.47 Å². The van der Waals surface area contributed by atoms with E-state index in [-0.39, 0.29) is 18.0 Å². The van der Waals surface area contributed by atoms with E-state index in [4.69, 9.17) is 14.2 Å². The maximum absolute atomic E-state index is 14.6. The van der Waals surface area contributed by atoms with Gasteiger partial charge < -0.3 is 14.2 Å². The van der Waals surface area contributed by atoms with Crippen molar-refractivity contribution in [1.29, 1.82) is 0 Å². The Kier molecular flexibility index (Phi) is 8.73. The summed E-state index contributed by atoms with van der Waals surface area (Å²) in [6, 6.07) is 3.30. The van der Waals surface area contributed by atoms with Crippen LogP contribution < -0.4 is 4.74 Å². The van der Waals surface area contributed by atoms with E-state index in [1.165, 1.54) is 12.8 Å². The Morgan fingerprint density at radius 1 is 0.966 bits per heavy atom. The minimum atomic E-state index is -0.844. The second-order valence-corrected chi connectivity index (χ2v) is 8.65. The molecule has 0 spiro atoms. The molecule has 2 aliphatic rings. The van der Waals surface area contributed by atoms with Gasteiger partial charge in [0.1, 0.15) is 0 Å². The Bertz CT molecular complexity index is 621. The highest BCUT2D eigenvalue weighted by Gasteiger charge is 2.28. The molecule has 0 radical (unpaired) electrons. The van der Waals surface area contributed by atoms with E-state index in [2.05, 4.69) is 6.92 Å². The summed E-state index contributed by atoms with van der Waals surface area (Å²) in [5, 5.41) is 0. The monoisotopic (exact) mass is 410 g/mol. The summed E-state index contributed by atoms with van der Waals surface area (Å²) in [6.07, 6.45) is 8.73. The van der Waals surface area contributed by atoms with Crippen molar-refractivity contribution in [2.24, 2.45) is 11.8 Å². The van der Waals surface area contributed by atoms with Gasteiger partial charge in [-0.15, -0.1) is 0 Å². The van der Waals surface area contributed by atoms with Gasteiger partial charge in [-0.1, -0.05) is 32.8 Å². The van der Waals surface area contributed by atoms with Crippen LogP contribution in [0.1, 0.15) is 83.1 Å². The second kappa shape index (κ2) is 11.3. The number of hydrogen-bond acceptors (Lipinski definition) is 3. The highest BCUT2D eigenvalue weighted by molar-refractivity contribution is 5.33. The first-order valence-electron chi connectivity index (χ1n) is 11.5. The number of benzene rings is 1. The number of halogens is 2. The fourth-order valence-corrected chi connectivity index (χ4v) is 4.42. The van der Waals surface area contributed by atoms with E-state index in [9.17, 15) is 8.78 Å². The molecule has 0 N–H and O–H groups in total. The summed E-state index contributed by atoms with van der Waals surface area (Å²) in [7, 11) is 0. The smallest absolute Gasteiger partial charge is 0.200 e. The van der Waals surface area contributed by atoms with E-state index >= 15 is 0 Å². The maximum Gasteiger partial charge on any atom is 0.200 e. The van der Waals surface area contributed by atoms with Crippen molar-refractivity contribution >= 4 is 0 Å². The lowest BCUT2D eigenvalue weighted by atomic mass is 9.79. The predicted molar refractivity (Wildman–Crippen MR) is 110 cm³/mol. The van der Waals surface area contributed by atoms with Crippen molar-refractivity contribution in [3.8, 4) is 5.75 Å². The summed E-state index contributed by atoms with van der Waals surface area (Å²) in [6.45, 7) is 6.16. The fraction of sp³-hybridized carbons (Fsp3) is 0.750. The Hall–Kier alpha value is -1.20. The molecule has 0 bridgehead atoms. The third-order valence-electron chi connectivity index (χ3n) is 6.54. The van der Waals surface area contributed by atoms with Crippen LogP contribution in [-0.4, -0.2) is 26.1 Å². The van der Waals surface area contributed by atoms with E-state index in [1.807, 2.05) is 6.92 Å². The van der Waals surface area contributed by atoms with Gasteiger partial charge in [-0.3, -0.25) is 0 Å². The lowest BCUT2D eigenvalue weighted by Gasteiger charge is -2.32. The molecule has 0 aromatic heterocycles. The van der Waals surface area contributed by atoms with Gasteiger partial charge in [0, 0.05) is 0 Å². The van der Waals surface area contributed by atoms with Crippen molar-refractivity contribution < 1.29 is 23.0 Å². The fourth-order valence-electron chi connectivity index (χ4n) is 4.42. The van der Waals surface area contributed by atoms with Crippen LogP contribution >= 0.6 is 0 Å². The highest BCUT2D eigenvalue weighted by atomic mass is 19.2. The van der Waals surface area contributed by atoms with E-state index < -0.39 is 11.6 Å². The number of hydrogen-bond donors (Lipinski definition) is 0. The molecule has 29 heavy (non-hydrogen) atoms. The standard InChI is InChI=1S/C24H36F2O3/c1-3-5-14-27-21-12-11-20(23(25)24(21)26)19-9-6-18(7-10-19)16-29-22-13-8-17(4-2)15-28-22/h11-12,17-19,22H,3-10,13-16H2,1-2H3. The average Bonchev–Trinajstić information content (AvgIpc) is 2.76. The molecule has 1 aliphatic heterocycles. The van der Waals surface area contributed by atoms with Crippen LogP contribution in [0.3, 0.4) is 0 Å². The lowest BCUT2D eigenvalue weighted by Crippen LogP contribution is -2.30.